The minimum Gasteiger partial charge on any atom is -0.396 e. The highest BCUT2D eigenvalue weighted by Crippen LogP contribution is 2.26. The second kappa shape index (κ2) is 10.7. The zero-order valence-electron chi connectivity index (χ0n) is 18.1. The number of rotatable bonds is 11. The number of hydrogen-bond donors (Lipinski definition) is 3. The molecular formula is C22H28BFN4O3. The maximum absolute atomic E-state index is 14.2. The molecule has 0 aliphatic heterocycles. The van der Waals surface area contributed by atoms with Gasteiger partial charge >= 0.3 is 0 Å². The van der Waals surface area contributed by atoms with Crippen molar-refractivity contribution in [2.24, 2.45) is 0 Å². The smallest absolute Gasteiger partial charge is 0.219 e. The standard InChI is InChI=1S/C22H28BFN4O3/c1-26-20(31)9-10-22(23,14-30)28(2)12-17-16(13-29)6-4-8-19(17)27-11-15-5-3-7-18(25)21(15)24/h3-8,13-14,27H,9-12,23,25H2,1-2H3,(H,26,31). The molecule has 1 atom stereocenters. The Morgan fingerprint density at radius 2 is 1.97 bits per heavy atom. The van der Waals surface area contributed by atoms with Crippen LogP contribution in [0.3, 0.4) is 0 Å². The van der Waals surface area contributed by atoms with Gasteiger partial charge in [-0.25, -0.2) is 4.39 Å². The van der Waals surface area contributed by atoms with Crippen LogP contribution in [-0.4, -0.2) is 50.8 Å². The summed E-state index contributed by atoms with van der Waals surface area (Å²) in [5.41, 5.74) is 7.00. The summed E-state index contributed by atoms with van der Waals surface area (Å²) < 4.78 is 14.2. The second-order valence-electron chi connectivity index (χ2n) is 7.67. The first-order valence-electron chi connectivity index (χ1n) is 9.97. The molecule has 9 heteroatoms. The van der Waals surface area contributed by atoms with E-state index in [-0.39, 0.29) is 31.1 Å². The molecule has 7 nitrogen and oxygen atoms in total. The van der Waals surface area contributed by atoms with Crippen LogP contribution in [0.5, 0.6) is 0 Å². The van der Waals surface area contributed by atoms with Gasteiger partial charge in [0.25, 0.3) is 0 Å². The van der Waals surface area contributed by atoms with Crippen LogP contribution >= 0.6 is 0 Å². The van der Waals surface area contributed by atoms with Crippen molar-refractivity contribution in [3.05, 3.63) is 58.9 Å². The number of hydrogen-bond acceptors (Lipinski definition) is 6. The molecule has 0 aliphatic rings. The Morgan fingerprint density at radius 1 is 1.26 bits per heavy atom. The van der Waals surface area contributed by atoms with E-state index in [0.717, 1.165) is 12.6 Å². The molecule has 0 radical (unpaired) electrons. The predicted octanol–water partition coefficient (Wildman–Crippen LogP) is 1.32. The van der Waals surface area contributed by atoms with Crippen LogP contribution in [0.2, 0.25) is 0 Å². The minimum atomic E-state index is -0.903. The summed E-state index contributed by atoms with van der Waals surface area (Å²) in [5.74, 6) is -0.635. The molecule has 0 aliphatic carbocycles. The zero-order chi connectivity index (χ0) is 23.0. The molecule has 0 saturated carbocycles. The Bertz CT molecular complexity index is 956. The number of benzene rings is 2. The van der Waals surface area contributed by atoms with Crippen molar-refractivity contribution in [1.82, 2.24) is 10.2 Å². The van der Waals surface area contributed by atoms with Crippen LogP contribution in [0.4, 0.5) is 15.8 Å². The van der Waals surface area contributed by atoms with E-state index in [4.69, 9.17) is 5.73 Å². The number of aldehydes is 2. The number of halogens is 1. The average Bonchev–Trinajstić information content (AvgIpc) is 2.78. The molecule has 0 aromatic heterocycles. The highest BCUT2D eigenvalue weighted by molar-refractivity contribution is 6.24. The Kier molecular flexibility index (Phi) is 8.33. The number of likely N-dealkylation sites (N-methyl/N-ethyl adjacent to an activating group) is 1. The van der Waals surface area contributed by atoms with E-state index < -0.39 is 11.3 Å². The molecule has 0 heterocycles. The molecule has 0 saturated heterocycles. The quantitative estimate of drug-likeness (QED) is 0.285. The Labute approximate surface area is 182 Å². The van der Waals surface area contributed by atoms with Crippen LogP contribution in [0.25, 0.3) is 0 Å². The van der Waals surface area contributed by atoms with Crippen molar-refractivity contribution < 1.29 is 18.8 Å². The van der Waals surface area contributed by atoms with Crippen molar-refractivity contribution in [1.29, 1.82) is 0 Å². The van der Waals surface area contributed by atoms with Gasteiger partial charge in [-0.1, -0.05) is 24.3 Å². The van der Waals surface area contributed by atoms with Crippen molar-refractivity contribution in [2.75, 3.05) is 25.1 Å². The summed E-state index contributed by atoms with van der Waals surface area (Å²) in [6.07, 6.45) is 2.09. The Morgan fingerprint density at radius 3 is 2.61 bits per heavy atom. The number of amides is 1. The summed E-state index contributed by atoms with van der Waals surface area (Å²) in [6.45, 7) is 0.456. The highest BCUT2D eigenvalue weighted by Gasteiger charge is 2.30. The lowest BCUT2D eigenvalue weighted by Gasteiger charge is -2.35. The van der Waals surface area contributed by atoms with Gasteiger partial charge in [-0.05, 0) is 31.2 Å². The first-order valence-corrected chi connectivity index (χ1v) is 9.97. The van der Waals surface area contributed by atoms with Gasteiger partial charge in [0, 0.05) is 48.8 Å². The molecule has 0 spiro atoms. The summed E-state index contributed by atoms with van der Waals surface area (Å²) in [7, 11) is 5.06. The Balaban J connectivity index is 2.26. The number of nitrogens with one attached hydrogen (secondary N) is 2. The van der Waals surface area contributed by atoms with Crippen LogP contribution < -0.4 is 16.4 Å². The van der Waals surface area contributed by atoms with Crippen LogP contribution in [0.15, 0.2) is 36.4 Å². The topological polar surface area (TPSA) is 105 Å². The van der Waals surface area contributed by atoms with E-state index >= 15 is 0 Å². The number of anilines is 2. The van der Waals surface area contributed by atoms with Gasteiger partial charge in [-0.15, -0.1) is 0 Å². The molecule has 2 rings (SSSR count). The number of nitrogens with zero attached hydrogens (tertiary/aromatic N) is 1. The van der Waals surface area contributed by atoms with Gasteiger partial charge < -0.3 is 21.2 Å². The molecule has 1 amide bonds. The molecule has 2 aromatic rings. The number of carbonyl (C=O) groups is 3. The van der Waals surface area contributed by atoms with E-state index in [1.165, 1.54) is 6.07 Å². The third-order valence-corrected chi connectivity index (χ3v) is 5.58. The molecule has 4 N–H and O–H groups in total. The lowest BCUT2D eigenvalue weighted by molar-refractivity contribution is -0.121. The van der Waals surface area contributed by atoms with Gasteiger partial charge in [0.05, 0.1) is 5.69 Å². The molecule has 0 bridgehead atoms. The monoisotopic (exact) mass is 426 g/mol. The fraction of sp³-hybridized carbons (Fsp3) is 0.318. The molecule has 1 unspecified atom stereocenters. The number of nitrogens with two attached hydrogens (primary N) is 1. The van der Waals surface area contributed by atoms with Crippen LogP contribution in [0, 0.1) is 5.82 Å². The van der Waals surface area contributed by atoms with E-state index in [0.29, 0.717) is 28.8 Å². The van der Waals surface area contributed by atoms with Gasteiger partial charge in [0.2, 0.25) is 5.91 Å². The predicted molar refractivity (Wildman–Crippen MR) is 122 cm³/mol. The SMILES string of the molecule is BC(C=O)(CCC(=O)NC)N(C)Cc1c(C=O)cccc1NCc1cccc(N)c1F. The van der Waals surface area contributed by atoms with Crippen molar-refractivity contribution in [3.63, 3.8) is 0 Å². The minimum absolute atomic E-state index is 0.0683. The van der Waals surface area contributed by atoms with E-state index in [2.05, 4.69) is 10.6 Å². The summed E-state index contributed by atoms with van der Waals surface area (Å²) in [5, 5.41) is 5.72. The largest absolute Gasteiger partial charge is 0.396 e. The van der Waals surface area contributed by atoms with Crippen molar-refractivity contribution in [3.8, 4) is 0 Å². The Hall–Kier alpha value is -3.20. The van der Waals surface area contributed by atoms with Gasteiger partial charge in [0.15, 0.2) is 5.82 Å². The number of nitrogen functional groups attached to an aromatic ring is 1. The third kappa shape index (κ3) is 5.91. The normalized spacial score (nSPS) is 12.8. The fourth-order valence-corrected chi connectivity index (χ4v) is 3.23. The maximum atomic E-state index is 14.2. The molecular weight excluding hydrogens is 398 g/mol. The van der Waals surface area contributed by atoms with Gasteiger partial charge in [-0.3, -0.25) is 14.5 Å². The van der Waals surface area contributed by atoms with Gasteiger partial charge in [0.1, 0.15) is 20.4 Å². The van der Waals surface area contributed by atoms with Crippen LogP contribution in [-0.2, 0) is 22.7 Å². The second-order valence-corrected chi connectivity index (χ2v) is 7.67. The first-order chi connectivity index (χ1) is 14.8. The third-order valence-electron chi connectivity index (χ3n) is 5.58. The van der Waals surface area contributed by atoms with Gasteiger partial charge in [-0.2, -0.15) is 0 Å². The molecule has 31 heavy (non-hydrogen) atoms. The highest BCUT2D eigenvalue weighted by atomic mass is 19.1. The number of carbonyl (C=O) groups excluding carboxylic acids is 3. The lowest BCUT2D eigenvalue weighted by Crippen LogP contribution is -2.49. The zero-order valence-corrected chi connectivity index (χ0v) is 18.1. The van der Waals surface area contributed by atoms with Crippen LogP contribution in [0.1, 0.15) is 34.3 Å². The molecule has 0 fully saturated rings. The van der Waals surface area contributed by atoms with E-state index in [1.807, 2.05) is 0 Å². The fourth-order valence-electron chi connectivity index (χ4n) is 3.23. The van der Waals surface area contributed by atoms with Crippen molar-refractivity contribution in [2.45, 2.75) is 31.4 Å². The maximum Gasteiger partial charge on any atom is 0.219 e. The average molecular weight is 426 g/mol. The van der Waals surface area contributed by atoms with E-state index in [1.54, 1.807) is 57.2 Å². The van der Waals surface area contributed by atoms with Crippen molar-refractivity contribution >= 4 is 37.7 Å². The molecule has 164 valence electrons. The van der Waals surface area contributed by atoms with E-state index in [9.17, 15) is 18.8 Å². The summed E-state index contributed by atoms with van der Waals surface area (Å²) in [4.78, 5) is 37.0. The first kappa shape index (κ1) is 24.1. The lowest BCUT2D eigenvalue weighted by atomic mass is 9.73. The molecule has 2 aromatic carbocycles. The summed E-state index contributed by atoms with van der Waals surface area (Å²) in [6, 6.07) is 10.0. The summed E-state index contributed by atoms with van der Waals surface area (Å²) >= 11 is 0.